The van der Waals surface area contributed by atoms with Gasteiger partial charge in [0.15, 0.2) is 5.82 Å². The topological polar surface area (TPSA) is 51.8 Å². The zero-order valence-electron chi connectivity index (χ0n) is 10.2. The second-order valence-corrected chi connectivity index (χ2v) is 4.74. The number of benzene rings is 1. The van der Waals surface area contributed by atoms with E-state index in [-0.39, 0.29) is 0 Å². The number of aromatic nitrogens is 2. The maximum absolute atomic E-state index is 6.15. The highest BCUT2D eigenvalue weighted by Gasteiger charge is 2.13. The zero-order valence-corrected chi connectivity index (χ0v) is 11.7. The molecule has 0 saturated heterocycles. The molecule has 0 bridgehead atoms. The summed E-state index contributed by atoms with van der Waals surface area (Å²) in [6.07, 6.45) is 0.807. The summed E-state index contributed by atoms with van der Waals surface area (Å²) < 4.78 is 0. The van der Waals surface area contributed by atoms with E-state index < -0.39 is 0 Å². The molecule has 0 aliphatic heterocycles. The van der Waals surface area contributed by atoms with Crippen molar-refractivity contribution in [1.29, 1.82) is 0 Å². The Labute approximate surface area is 116 Å². The Balaban J connectivity index is 2.62. The van der Waals surface area contributed by atoms with Crippen molar-refractivity contribution in [3.05, 3.63) is 39.5 Å². The lowest BCUT2D eigenvalue weighted by Crippen LogP contribution is -2.04. The van der Waals surface area contributed by atoms with E-state index in [1.165, 1.54) is 0 Å². The molecule has 0 radical (unpaired) electrons. The van der Waals surface area contributed by atoms with Crippen molar-refractivity contribution in [2.75, 3.05) is 5.73 Å². The molecule has 94 valence electrons. The number of nitrogen functional groups attached to an aromatic ring is 1. The van der Waals surface area contributed by atoms with Crippen LogP contribution in [0.5, 0.6) is 0 Å². The Bertz CT molecular complexity index is 574. The van der Waals surface area contributed by atoms with Gasteiger partial charge < -0.3 is 5.73 Å². The largest absolute Gasteiger partial charge is 0.383 e. The molecule has 3 nitrogen and oxygen atoms in total. The monoisotopic (exact) mass is 281 g/mol. The molecule has 0 unspecified atom stereocenters. The van der Waals surface area contributed by atoms with Gasteiger partial charge in [-0.25, -0.2) is 9.97 Å². The van der Waals surface area contributed by atoms with Crippen molar-refractivity contribution in [3.8, 4) is 11.4 Å². The minimum Gasteiger partial charge on any atom is -0.383 e. The number of anilines is 1. The van der Waals surface area contributed by atoms with Crippen LogP contribution in [0.15, 0.2) is 18.2 Å². The van der Waals surface area contributed by atoms with Gasteiger partial charge in [0.25, 0.3) is 0 Å². The Morgan fingerprint density at radius 1 is 1.22 bits per heavy atom. The van der Waals surface area contributed by atoms with Crippen LogP contribution in [0.1, 0.15) is 18.2 Å². The molecule has 0 atom stereocenters. The number of hydrogen-bond donors (Lipinski definition) is 1. The van der Waals surface area contributed by atoms with Crippen LogP contribution >= 0.6 is 23.2 Å². The van der Waals surface area contributed by atoms with Gasteiger partial charge >= 0.3 is 0 Å². The number of hydrogen-bond acceptors (Lipinski definition) is 3. The molecule has 0 aliphatic carbocycles. The highest BCUT2D eigenvalue weighted by Crippen LogP contribution is 2.32. The molecule has 1 aromatic heterocycles. The van der Waals surface area contributed by atoms with Gasteiger partial charge in [-0.3, -0.25) is 0 Å². The van der Waals surface area contributed by atoms with Crippen molar-refractivity contribution in [1.82, 2.24) is 9.97 Å². The van der Waals surface area contributed by atoms with Crippen LogP contribution < -0.4 is 5.73 Å². The quantitative estimate of drug-likeness (QED) is 0.908. The summed E-state index contributed by atoms with van der Waals surface area (Å²) in [4.78, 5) is 8.74. The van der Waals surface area contributed by atoms with Crippen molar-refractivity contribution in [2.45, 2.75) is 20.3 Å². The summed E-state index contributed by atoms with van der Waals surface area (Å²) in [6.45, 7) is 3.94. The lowest BCUT2D eigenvalue weighted by atomic mass is 10.1. The smallest absolute Gasteiger partial charge is 0.163 e. The molecular weight excluding hydrogens is 269 g/mol. The number of nitrogens with two attached hydrogens (primary N) is 1. The molecule has 5 heteroatoms. The van der Waals surface area contributed by atoms with Gasteiger partial charge in [-0.05, 0) is 25.5 Å². The third-order valence-electron chi connectivity index (χ3n) is 2.79. The Morgan fingerprint density at radius 3 is 2.56 bits per heavy atom. The molecule has 1 aromatic carbocycles. The van der Waals surface area contributed by atoms with Crippen LogP contribution in [-0.4, -0.2) is 9.97 Å². The van der Waals surface area contributed by atoms with Crippen LogP contribution in [-0.2, 0) is 6.42 Å². The van der Waals surface area contributed by atoms with Crippen molar-refractivity contribution >= 4 is 29.0 Å². The SMILES string of the molecule is CCc1c(C)nc(-c2cccc(Cl)c2Cl)nc1N. The molecule has 1 heterocycles. The van der Waals surface area contributed by atoms with Crippen molar-refractivity contribution in [2.24, 2.45) is 0 Å². The standard InChI is InChI=1S/C13H13Cl2N3/c1-3-8-7(2)17-13(18-12(8)16)9-5-4-6-10(14)11(9)15/h4-6H,3H2,1-2H3,(H2,16,17,18). The predicted octanol–water partition coefficient (Wildman–Crippen LogP) is 3.90. The Morgan fingerprint density at radius 2 is 1.94 bits per heavy atom. The van der Waals surface area contributed by atoms with E-state index in [1.54, 1.807) is 6.07 Å². The average Bonchev–Trinajstić information content (AvgIpc) is 2.32. The summed E-state index contributed by atoms with van der Waals surface area (Å²) in [6, 6.07) is 5.37. The summed E-state index contributed by atoms with van der Waals surface area (Å²) in [5, 5.41) is 0.927. The molecule has 2 rings (SSSR count). The molecule has 2 aromatic rings. The van der Waals surface area contributed by atoms with Crippen LogP contribution in [0.2, 0.25) is 10.0 Å². The first kappa shape index (κ1) is 13.1. The van der Waals surface area contributed by atoms with E-state index in [4.69, 9.17) is 28.9 Å². The fourth-order valence-corrected chi connectivity index (χ4v) is 2.24. The van der Waals surface area contributed by atoms with E-state index in [0.29, 0.717) is 27.3 Å². The first-order chi connectivity index (χ1) is 8.54. The number of aryl methyl sites for hydroxylation is 1. The Kier molecular flexibility index (Phi) is 3.73. The fraction of sp³-hybridized carbons (Fsp3) is 0.231. The second-order valence-electron chi connectivity index (χ2n) is 3.95. The predicted molar refractivity (Wildman–Crippen MR) is 76.0 cm³/mol. The van der Waals surface area contributed by atoms with Crippen LogP contribution in [0, 0.1) is 6.92 Å². The first-order valence-electron chi connectivity index (χ1n) is 5.62. The molecule has 0 amide bonds. The van der Waals surface area contributed by atoms with E-state index in [1.807, 2.05) is 26.0 Å². The number of rotatable bonds is 2. The fourth-order valence-electron chi connectivity index (χ4n) is 1.85. The molecule has 0 aliphatic rings. The van der Waals surface area contributed by atoms with E-state index in [2.05, 4.69) is 9.97 Å². The third kappa shape index (κ3) is 2.28. The summed E-state index contributed by atoms with van der Waals surface area (Å²) in [7, 11) is 0. The molecule has 0 spiro atoms. The van der Waals surface area contributed by atoms with Gasteiger partial charge in [0.05, 0.1) is 10.0 Å². The minimum absolute atomic E-state index is 0.446. The molecule has 0 fully saturated rings. The lowest BCUT2D eigenvalue weighted by Gasteiger charge is -2.10. The van der Waals surface area contributed by atoms with Gasteiger partial charge in [-0.1, -0.05) is 36.2 Å². The maximum Gasteiger partial charge on any atom is 0.163 e. The maximum atomic E-state index is 6.15. The number of halogens is 2. The molecule has 0 saturated carbocycles. The van der Waals surface area contributed by atoms with Crippen LogP contribution in [0.4, 0.5) is 5.82 Å². The van der Waals surface area contributed by atoms with E-state index >= 15 is 0 Å². The first-order valence-corrected chi connectivity index (χ1v) is 6.37. The molecular formula is C13H13Cl2N3. The summed E-state index contributed by atoms with van der Waals surface area (Å²) >= 11 is 12.1. The highest BCUT2D eigenvalue weighted by atomic mass is 35.5. The Hall–Kier alpha value is -1.32. The van der Waals surface area contributed by atoms with Gasteiger partial charge in [-0.2, -0.15) is 0 Å². The van der Waals surface area contributed by atoms with Crippen LogP contribution in [0.3, 0.4) is 0 Å². The lowest BCUT2D eigenvalue weighted by molar-refractivity contribution is 1.01. The highest BCUT2D eigenvalue weighted by molar-refractivity contribution is 6.43. The van der Waals surface area contributed by atoms with Crippen LogP contribution in [0.25, 0.3) is 11.4 Å². The zero-order chi connectivity index (χ0) is 13.3. The summed E-state index contributed by atoms with van der Waals surface area (Å²) in [5.74, 6) is 1.01. The van der Waals surface area contributed by atoms with E-state index in [0.717, 1.165) is 17.7 Å². The number of nitrogens with zero attached hydrogens (tertiary/aromatic N) is 2. The van der Waals surface area contributed by atoms with Crippen molar-refractivity contribution < 1.29 is 0 Å². The van der Waals surface area contributed by atoms with Gasteiger partial charge in [0.1, 0.15) is 5.82 Å². The molecule has 18 heavy (non-hydrogen) atoms. The average molecular weight is 282 g/mol. The third-order valence-corrected chi connectivity index (χ3v) is 3.61. The van der Waals surface area contributed by atoms with Crippen molar-refractivity contribution in [3.63, 3.8) is 0 Å². The normalized spacial score (nSPS) is 10.7. The summed E-state index contributed by atoms with van der Waals surface area (Å²) in [5.41, 5.74) is 8.47. The van der Waals surface area contributed by atoms with E-state index in [9.17, 15) is 0 Å². The van der Waals surface area contributed by atoms with Gasteiger partial charge in [0, 0.05) is 16.8 Å². The second kappa shape index (κ2) is 5.12. The van der Waals surface area contributed by atoms with Gasteiger partial charge in [-0.15, -0.1) is 0 Å². The van der Waals surface area contributed by atoms with Gasteiger partial charge in [0.2, 0.25) is 0 Å². The minimum atomic E-state index is 0.446. The molecule has 2 N–H and O–H groups in total.